The van der Waals surface area contributed by atoms with Gasteiger partial charge in [-0.2, -0.15) is 5.26 Å². The number of rotatable bonds is 7. The number of halogens is 1. The summed E-state index contributed by atoms with van der Waals surface area (Å²) in [5, 5.41) is 18.1. The fourth-order valence-electron chi connectivity index (χ4n) is 2.41. The largest absolute Gasteiger partial charge is 0.330 e. The van der Waals surface area contributed by atoms with E-state index in [-0.39, 0.29) is 11.9 Å². The third-order valence-corrected chi connectivity index (χ3v) is 4.36. The monoisotopic (exact) mass is 398 g/mol. The topological polar surface area (TPSA) is 102 Å². The van der Waals surface area contributed by atoms with Gasteiger partial charge in [0.05, 0.1) is 11.9 Å². The second-order valence-corrected chi connectivity index (χ2v) is 6.76. The zero-order valence-corrected chi connectivity index (χ0v) is 16.6. The fraction of sp³-hybridized carbons (Fsp3) is 0.300. The van der Waals surface area contributed by atoms with Crippen LogP contribution in [0.5, 0.6) is 0 Å². The van der Waals surface area contributed by atoms with Crippen LogP contribution in [-0.2, 0) is 0 Å². The maximum atomic E-state index is 12.6. The van der Waals surface area contributed by atoms with Crippen LogP contribution >= 0.6 is 11.6 Å². The van der Waals surface area contributed by atoms with Gasteiger partial charge in [0.2, 0.25) is 5.96 Å². The minimum absolute atomic E-state index is 0.236. The molecule has 2 rings (SSSR count). The minimum atomic E-state index is -0.516. The molecule has 7 nitrogen and oxygen atoms in total. The summed E-state index contributed by atoms with van der Waals surface area (Å²) < 4.78 is 0. The Labute approximate surface area is 169 Å². The molecule has 0 fully saturated rings. The first-order valence-electron chi connectivity index (χ1n) is 8.98. The van der Waals surface area contributed by atoms with Gasteiger partial charge in [0, 0.05) is 16.8 Å². The molecule has 1 heterocycles. The van der Waals surface area contributed by atoms with Crippen LogP contribution < -0.4 is 16.0 Å². The zero-order valence-electron chi connectivity index (χ0n) is 15.8. The summed E-state index contributed by atoms with van der Waals surface area (Å²) in [6.07, 6.45) is 6.18. The Balaban J connectivity index is 2.21. The molecule has 1 aromatic carbocycles. The molecule has 2 aromatic rings. The van der Waals surface area contributed by atoms with Gasteiger partial charge in [-0.3, -0.25) is 15.1 Å². The number of hydrogen-bond donors (Lipinski definition) is 3. The molecule has 8 heteroatoms. The van der Waals surface area contributed by atoms with Crippen molar-refractivity contribution in [3.8, 4) is 6.19 Å². The van der Waals surface area contributed by atoms with Gasteiger partial charge < -0.3 is 10.6 Å². The van der Waals surface area contributed by atoms with E-state index in [2.05, 4.69) is 39.8 Å². The van der Waals surface area contributed by atoms with Gasteiger partial charge in [-0.15, -0.1) is 0 Å². The zero-order chi connectivity index (χ0) is 20.4. The summed E-state index contributed by atoms with van der Waals surface area (Å²) in [7, 11) is 0. The minimum Gasteiger partial charge on any atom is -0.330 e. The molecule has 2 atom stereocenters. The van der Waals surface area contributed by atoms with Crippen LogP contribution in [0.3, 0.4) is 0 Å². The normalized spacial score (nSPS) is 13.1. The number of benzene rings is 1. The third-order valence-electron chi connectivity index (χ3n) is 4.11. The van der Waals surface area contributed by atoms with Gasteiger partial charge in [0.1, 0.15) is 6.17 Å². The average molecular weight is 399 g/mol. The van der Waals surface area contributed by atoms with Crippen molar-refractivity contribution < 1.29 is 4.79 Å². The molecular formula is C20H23ClN6O. The van der Waals surface area contributed by atoms with E-state index in [1.54, 1.807) is 48.8 Å². The number of pyridine rings is 1. The van der Waals surface area contributed by atoms with Crippen LogP contribution in [-0.4, -0.2) is 23.0 Å². The summed E-state index contributed by atoms with van der Waals surface area (Å²) >= 11 is 5.88. The highest BCUT2D eigenvalue weighted by molar-refractivity contribution is 6.30. The SMILES string of the molecule is CCC(C)CC(/N=C(\NC#N)Nc1cccnc1)NC(=O)c1ccc(Cl)cc1. The van der Waals surface area contributed by atoms with E-state index in [4.69, 9.17) is 16.9 Å². The molecule has 3 N–H and O–H groups in total. The van der Waals surface area contributed by atoms with Crippen LogP contribution in [0.4, 0.5) is 5.69 Å². The van der Waals surface area contributed by atoms with Gasteiger partial charge in [0.15, 0.2) is 6.19 Å². The lowest BCUT2D eigenvalue weighted by atomic mass is 10.0. The van der Waals surface area contributed by atoms with Crippen LogP contribution in [0.15, 0.2) is 53.8 Å². The Hall–Kier alpha value is -3.11. The Kier molecular flexibility index (Phi) is 8.25. The van der Waals surface area contributed by atoms with Crippen molar-refractivity contribution in [3.63, 3.8) is 0 Å². The van der Waals surface area contributed by atoms with Crippen molar-refractivity contribution in [1.29, 1.82) is 5.26 Å². The summed E-state index contributed by atoms with van der Waals surface area (Å²) in [5.41, 5.74) is 1.17. The van der Waals surface area contributed by atoms with Crippen molar-refractivity contribution in [2.24, 2.45) is 10.9 Å². The van der Waals surface area contributed by atoms with E-state index < -0.39 is 6.17 Å². The van der Waals surface area contributed by atoms with Crippen molar-refractivity contribution >= 4 is 29.2 Å². The van der Waals surface area contributed by atoms with Gasteiger partial charge in [-0.25, -0.2) is 4.99 Å². The molecule has 0 saturated carbocycles. The van der Waals surface area contributed by atoms with Crippen LogP contribution in [0.2, 0.25) is 5.02 Å². The summed E-state index contributed by atoms with van der Waals surface area (Å²) in [6, 6.07) is 10.2. The van der Waals surface area contributed by atoms with Crippen molar-refractivity contribution in [2.45, 2.75) is 32.9 Å². The molecular weight excluding hydrogens is 376 g/mol. The summed E-state index contributed by atoms with van der Waals surface area (Å²) in [4.78, 5) is 21.1. The molecule has 28 heavy (non-hydrogen) atoms. The highest BCUT2D eigenvalue weighted by Crippen LogP contribution is 2.14. The van der Waals surface area contributed by atoms with E-state index in [9.17, 15) is 4.79 Å². The molecule has 0 spiro atoms. The second kappa shape index (κ2) is 10.9. The Bertz CT molecular complexity index is 832. The third kappa shape index (κ3) is 6.89. The lowest BCUT2D eigenvalue weighted by Gasteiger charge is -2.20. The van der Waals surface area contributed by atoms with Gasteiger partial charge in [-0.1, -0.05) is 31.9 Å². The van der Waals surface area contributed by atoms with Gasteiger partial charge in [0.25, 0.3) is 5.91 Å². The number of nitriles is 1. The molecule has 1 amide bonds. The Morgan fingerprint density at radius 1 is 1.32 bits per heavy atom. The van der Waals surface area contributed by atoms with Crippen LogP contribution in [0.25, 0.3) is 0 Å². The Morgan fingerprint density at radius 3 is 2.68 bits per heavy atom. The van der Waals surface area contributed by atoms with E-state index >= 15 is 0 Å². The molecule has 0 radical (unpaired) electrons. The molecule has 1 aromatic heterocycles. The maximum Gasteiger partial charge on any atom is 0.252 e. The standard InChI is InChI=1S/C20H23ClN6O/c1-3-14(2)11-18(26-19(28)15-6-8-16(21)9-7-15)27-20(24-13-22)25-17-5-4-10-23-12-17/h4-10,12,14,18H,3,11H2,1-2H3,(H,26,28)(H2,24,25,27). The summed E-state index contributed by atoms with van der Waals surface area (Å²) in [5.74, 6) is 0.313. The number of carbonyl (C=O) groups is 1. The predicted molar refractivity (Wildman–Crippen MR) is 111 cm³/mol. The first-order chi connectivity index (χ1) is 13.5. The number of amides is 1. The summed E-state index contributed by atoms with van der Waals surface area (Å²) in [6.45, 7) is 4.16. The number of aliphatic imine (C=N–C) groups is 1. The van der Waals surface area contributed by atoms with Crippen LogP contribution in [0.1, 0.15) is 37.0 Å². The number of anilines is 1. The van der Waals surface area contributed by atoms with Gasteiger partial charge in [-0.05, 0) is 48.7 Å². The van der Waals surface area contributed by atoms with Gasteiger partial charge >= 0.3 is 0 Å². The highest BCUT2D eigenvalue weighted by Gasteiger charge is 2.17. The van der Waals surface area contributed by atoms with E-state index in [1.165, 1.54) is 0 Å². The quantitative estimate of drug-likeness (QED) is 0.285. The number of nitrogens with one attached hydrogen (secondary N) is 3. The lowest BCUT2D eigenvalue weighted by molar-refractivity contribution is 0.0933. The first kappa shape index (κ1) is 21.2. The highest BCUT2D eigenvalue weighted by atomic mass is 35.5. The molecule has 0 aliphatic rings. The second-order valence-electron chi connectivity index (χ2n) is 6.33. The van der Waals surface area contributed by atoms with Crippen molar-refractivity contribution in [3.05, 3.63) is 59.4 Å². The molecule has 0 aliphatic heterocycles. The van der Waals surface area contributed by atoms with Crippen molar-refractivity contribution in [1.82, 2.24) is 15.6 Å². The number of carbonyl (C=O) groups excluding carboxylic acids is 1. The first-order valence-corrected chi connectivity index (χ1v) is 9.36. The molecule has 0 aliphatic carbocycles. The molecule has 0 bridgehead atoms. The number of hydrogen-bond acceptors (Lipinski definition) is 4. The molecule has 0 saturated heterocycles. The van der Waals surface area contributed by atoms with Crippen LogP contribution in [0, 0.1) is 17.4 Å². The Morgan fingerprint density at radius 2 is 2.07 bits per heavy atom. The average Bonchev–Trinajstić information content (AvgIpc) is 2.69. The number of aromatic nitrogens is 1. The van der Waals surface area contributed by atoms with E-state index in [0.717, 1.165) is 6.42 Å². The number of nitrogens with zero attached hydrogens (tertiary/aromatic N) is 3. The van der Waals surface area contributed by atoms with Crippen molar-refractivity contribution in [2.75, 3.05) is 5.32 Å². The molecule has 2 unspecified atom stereocenters. The smallest absolute Gasteiger partial charge is 0.252 e. The fourth-order valence-corrected chi connectivity index (χ4v) is 2.53. The lowest BCUT2D eigenvalue weighted by Crippen LogP contribution is -2.38. The maximum absolute atomic E-state index is 12.6. The molecule has 146 valence electrons. The van der Waals surface area contributed by atoms with E-state index in [0.29, 0.717) is 28.6 Å². The predicted octanol–water partition coefficient (Wildman–Crippen LogP) is 3.77. The number of guanidine groups is 1. The van der Waals surface area contributed by atoms with E-state index in [1.807, 2.05) is 6.19 Å².